The Hall–Kier alpha value is -3.75. The fourth-order valence-electron chi connectivity index (χ4n) is 3.64. The van der Waals surface area contributed by atoms with E-state index in [2.05, 4.69) is 10.3 Å². The highest BCUT2D eigenvalue weighted by Crippen LogP contribution is 2.21. The van der Waals surface area contributed by atoms with Crippen molar-refractivity contribution in [3.63, 3.8) is 0 Å². The van der Waals surface area contributed by atoms with Crippen LogP contribution in [0.15, 0.2) is 54.0 Å². The molecule has 0 radical (unpaired) electrons. The molecule has 1 aliphatic rings. The summed E-state index contributed by atoms with van der Waals surface area (Å²) in [4.78, 5) is 54.7. The van der Waals surface area contributed by atoms with Gasteiger partial charge in [0.2, 0.25) is 11.8 Å². The molecule has 1 atom stereocenters. The molecular formula is C20H19N5O4. The molecule has 3 heterocycles. The van der Waals surface area contributed by atoms with Crippen LogP contribution in [0.1, 0.15) is 19.8 Å². The van der Waals surface area contributed by atoms with E-state index < -0.39 is 6.04 Å². The molecule has 9 nitrogen and oxygen atoms in total. The number of nitrogens with one attached hydrogen (secondary N) is 1. The molecule has 1 fully saturated rings. The third kappa shape index (κ3) is 3.42. The Labute approximate surface area is 165 Å². The molecule has 0 bridgehead atoms. The van der Waals surface area contributed by atoms with E-state index in [9.17, 15) is 19.2 Å². The molecule has 4 rings (SSSR count). The number of hydrogen-bond donors (Lipinski definition) is 1. The number of fused-ring (bicyclic) bond motifs is 1. The SMILES string of the molecule is CC(=O)N1CCCC1C(=O)Nc1ccc2c(c1)c(=O)ccn2C(=O)n1ccnc1. The summed E-state index contributed by atoms with van der Waals surface area (Å²) in [6, 6.07) is 5.19. The maximum Gasteiger partial charge on any atom is 0.338 e. The third-order valence-electron chi connectivity index (χ3n) is 5.06. The van der Waals surface area contributed by atoms with Gasteiger partial charge in [-0.15, -0.1) is 0 Å². The molecule has 29 heavy (non-hydrogen) atoms. The molecule has 1 N–H and O–H groups in total. The average molecular weight is 393 g/mol. The predicted octanol–water partition coefficient (Wildman–Crippen LogP) is 1.66. The van der Waals surface area contributed by atoms with Crippen LogP contribution in [0.25, 0.3) is 10.9 Å². The van der Waals surface area contributed by atoms with Gasteiger partial charge in [0.05, 0.1) is 5.52 Å². The van der Waals surface area contributed by atoms with Gasteiger partial charge >= 0.3 is 6.03 Å². The molecule has 1 aromatic carbocycles. The molecule has 0 aliphatic carbocycles. The van der Waals surface area contributed by atoms with E-state index in [0.717, 1.165) is 6.42 Å². The Bertz CT molecular complexity index is 1170. The Morgan fingerprint density at radius 1 is 1.17 bits per heavy atom. The van der Waals surface area contributed by atoms with Crippen LogP contribution in [0.4, 0.5) is 10.5 Å². The van der Waals surface area contributed by atoms with Crippen molar-refractivity contribution in [2.75, 3.05) is 11.9 Å². The van der Waals surface area contributed by atoms with Gasteiger partial charge in [0, 0.05) is 49.2 Å². The van der Waals surface area contributed by atoms with Gasteiger partial charge < -0.3 is 10.2 Å². The zero-order chi connectivity index (χ0) is 20.5. The highest BCUT2D eigenvalue weighted by atomic mass is 16.2. The van der Waals surface area contributed by atoms with Crippen molar-refractivity contribution in [3.8, 4) is 0 Å². The molecule has 1 aliphatic heterocycles. The van der Waals surface area contributed by atoms with Crippen LogP contribution in [0.3, 0.4) is 0 Å². The number of anilines is 1. The standard InChI is InChI=1S/C20H19N5O4/c1-13(26)24-8-2-3-17(24)19(28)22-14-4-5-16-15(11-14)18(27)6-9-25(16)20(29)23-10-7-21-12-23/h4-7,9-12,17H,2-3,8H2,1H3,(H,22,28). The van der Waals surface area contributed by atoms with E-state index in [4.69, 9.17) is 0 Å². The summed E-state index contributed by atoms with van der Waals surface area (Å²) in [5, 5.41) is 3.08. The van der Waals surface area contributed by atoms with E-state index in [1.807, 2.05) is 0 Å². The second-order valence-electron chi connectivity index (χ2n) is 6.89. The largest absolute Gasteiger partial charge is 0.338 e. The molecule has 2 amide bonds. The van der Waals surface area contributed by atoms with Crippen LogP contribution in [-0.2, 0) is 9.59 Å². The number of nitrogens with zero attached hydrogens (tertiary/aromatic N) is 4. The van der Waals surface area contributed by atoms with Crippen LogP contribution >= 0.6 is 0 Å². The second kappa shape index (κ2) is 7.34. The highest BCUT2D eigenvalue weighted by molar-refractivity contribution is 5.99. The monoisotopic (exact) mass is 393 g/mol. The van der Waals surface area contributed by atoms with Gasteiger partial charge in [-0.25, -0.2) is 9.78 Å². The normalized spacial score (nSPS) is 16.2. The van der Waals surface area contributed by atoms with Crippen molar-refractivity contribution in [3.05, 3.63) is 59.4 Å². The summed E-state index contributed by atoms with van der Waals surface area (Å²) in [5.74, 6) is -0.426. The smallest absolute Gasteiger partial charge is 0.331 e. The molecule has 9 heteroatoms. The number of carbonyl (C=O) groups excluding carboxylic acids is 3. The first-order valence-corrected chi connectivity index (χ1v) is 9.22. The predicted molar refractivity (Wildman–Crippen MR) is 106 cm³/mol. The summed E-state index contributed by atoms with van der Waals surface area (Å²) in [5.41, 5.74) is 0.584. The Morgan fingerprint density at radius 3 is 2.72 bits per heavy atom. The maximum atomic E-state index is 12.6. The summed E-state index contributed by atoms with van der Waals surface area (Å²) >= 11 is 0. The van der Waals surface area contributed by atoms with Crippen molar-refractivity contribution < 1.29 is 14.4 Å². The van der Waals surface area contributed by atoms with E-state index in [0.29, 0.717) is 29.6 Å². The number of amides is 2. The van der Waals surface area contributed by atoms with Crippen molar-refractivity contribution in [1.29, 1.82) is 0 Å². The van der Waals surface area contributed by atoms with Crippen molar-refractivity contribution in [1.82, 2.24) is 19.0 Å². The lowest BCUT2D eigenvalue weighted by atomic mass is 10.1. The maximum absolute atomic E-state index is 12.6. The van der Waals surface area contributed by atoms with E-state index in [1.165, 1.54) is 47.0 Å². The summed E-state index contributed by atoms with van der Waals surface area (Å²) in [6.45, 7) is 2.01. The van der Waals surface area contributed by atoms with Crippen LogP contribution in [0, 0.1) is 0 Å². The molecule has 3 aromatic rings. The fraction of sp³-hybridized carbons (Fsp3) is 0.250. The number of benzene rings is 1. The first-order chi connectivity index (χ1) is 14.0. The first-order valence-electron chi connectivity index (χ1n) is 9.22. The third-order valence-corrected chi connectivity index (χ3v) is 5.06. The lowest BCUT2D eigenvalue weighted by Crippen LogP contribution is -2.42. The highest BCUT2D eigenvalue weighted by Gasteiger charge is 2.32. The van der Waals surface area contributed by atoms with E-state index in [1.54, 1.807) is 23.1 Å². The van der Waals surface area contributed by atoms with Gasteiger partial charge in [-0.05, 0) is 31.0 Å². The summed E-state index contributed by atoms with van der Waals surface area (Å²) < 4.78 is 2.65. The molecule has 1 saturated heterocycles. The molecular weight excluding hydrogens is 374 g/mol. The number of imidazole rings is 1. The van der Waals surface area contributed by atoms with Gasteiger partial charge in [-0.3, -0.25) is 23.5 Å². The number of carbonyl (C=O) groups is 3. The first kappa shape index (κ1) is 18.6. The van der Waals surface area contributed by atoms with Gasteiger partial charge in [0.1, 0.15) is 12.4 Å². The Kier molecular flexibility index (Phi) is 4.71. The Balaban J connectivity index is 1.65. The number of hydrogen-bond acceptors (Lipinski definition) is 5. The summed E-state index contributed by atoms with van der Waals surface area (Å²) in [6.07, 6.45) is 7.17. The van der Waals surface area contributed by atoms with Gasteiger partial charge in [-0.2, -0.15) is 0 Å². The van der Waals surface area contributed by atoms with Crippen molar-refractivity contribution in [2.45, 2.75) is 25.8 Å². The zero-order valence-corrected chi connectivity index (χ0v) is 15.7. The quantitative estimate of drug-likeness (QED) is 0.713. The lowest BCUT2D eigenvalue weighted by Gasteiger charge is -2.22. The van der Waals surface area contributed by atoms with Crippen LogP contribution in [-0.4, -0.2) is 49.5 Å². The zero-order valence-electron chi connectivity index (χ0n) is 15.7. The van der Waals surface area contributed by atoms with Gasteiger partial charge in [-0.1, -0.05) is 0 Å². The number of likely N-dealkylation sites (tertiary alicyclic amines) is 1. The van der Waals surface area contributed by atoms with E-state index in [-0.39, 0.29) is 23.3 Å². The fourth-order valence-corrected chi connectivity index (χ4v) is 3.64. The Morgan fingerprint density at radius 2 is 2.00 bits per heavy atom. The van der Waals surface area contributed by atoms with Gasteiger partial charge in [0.25, 0.3) is 0 Å². The minimum Gasteiger partial charge on any atom is -0.331 e. The van der Waals surface area contributed by atoms with Gasteiger partial charge in [0.15, 0.2) is 5.43 Å². The number of pyridine rings is 1. The molecule has 2 aromatic heterocycles. The topological polar surface area (TPSA) is 106 Å². The van der Waals surface area contributed by atoms with Crippen molar-refractivity contribution >= 4 is 34.4 Å². The van der Waals surface area contributed by atoms with Crippen LogP contribution < -0.4 is 10.7 Å². The lowest BCUT2D eigenvalue weighted by molar-refractivity contribution is -0.134. The van der Waals surface area contributed by atoms with E-state index >= 15 is 0 Å². The average Bonchev–Trinajstić information content (AvgIpc) is 3.40. The van der Waals surface area contributed by atoms with Crippen molar-refractivity contribution in [2.24, 2.45) is 0 Å². The molecule has 1 unspecified atom stereocenters. The molecule has 0 saturated carbocycles. The van der Waals surface area contributed by atoms with Crippen LogP contribution in [0.5, 0.6) is 0 Å². The number of rotatable bonds is 2. The summed E-state index contributed by atoms with van der Waals surface area (Å²) in [7, 11) is 0. The minimum atomic E-state index is -0.515. The minimum absolute atomic E-state index is 0.137. The second-order valence-corrected chi connectivity index (χ2v) is 6.89. The molecule has 0 spiro atoms. The number of aromatic nitrogens is 3. The van der Waals surface area contributed by atoms with Crippen LogP contribution in [0.2, 0.25) is 0 Å². The molecule has 148 valence electrons.